The van der Waals surface area contributed by atoms with E-state index >= 15 is 0 Å². The van der Waals surface area contributed by atoms with Gasteiger partial charge >= 0.3 is 6.03 Å². The quantitative estimate of drug-likeness (QED) is 0.519. The molecule has 0 spiro atoms. The summed E-state index contributed by atoms with van der Waals surface area (Å²) in [4.78, 5) is 36.6. The van der Waals surface area contributed by atoms with Gasteiger partial charge in [0.15, 0.2) is 5.78 Å². The van der Waals surface area contributed by atoms with Crippen LogP contribution < -0.4 is 21.9 Å². The monoisotopic (exact) mass is 427 g/mol. The summed E-state index contributed by atoms with van der Waals surface area (Å²) >= 11 is 0. The number of hydrogen-bond acceptors (Lipinski definition) is 5. The van der Waals surface area contributed by atoms with E-state index in [1.807, 2.05) is 0 Å². The summed E-state index contributed by atoms with van der Waals surface area (Å²) in [6.07, 6.45) is 0. The summed E-state index contributed by atoms with van der Waals surface area (Å²) in [5.74, 6) is -2.18. The standard InChI is InChI=1S/C21H19F2N5O3/c1-3-28-20(30)19(25-16-9-13(22)8-14(23)10-16)17(11(2)29)18(27-28)12-5-4-6-15(7-12)26-21(24)31/h4-10,25H,3H2,1-2H3,(H3,24,26,31). The molecule has 0 saturated carbocycles. The highest BCUT2D eigenvalue weighted by molar-refractivity contribution is 6.05. The second kappa shape index (κ2) is 8.74. The summed E-state index contributed by atoms with van der Waals surface area (Å²) in [6, 6.07) is 8.30. The third-order valence-electron chi connectivity index (χ3n) is 4.34. The molecule has 160 valence electrons. The fourth-order valence-electron chi connectivity index (χ4n) is 3.10. The minimum absolute atomic E-state index is 0.0407. The molecular formula is C21H19F2N5O3. The van der Waals surface area contributed by atoms with Gasteiger partial charge in [-0.1, -0.05) is 12.1 Å². The van der Waals surface area contributed by atoms with E-state index in [0.717, 1.165) is 16.8 Å². The highest BCUT2D eigenvalue weighted by Crippen LogP contribution is 2.29. The van der Waals surface area contributed by atoms with Gasteiger partial charge in [-0.3, -0.25) is 9.59 Å². The van der Waals surface area contributed by atoms with Crippen LogP contribution in [0.1, 0.15) is 24.2 Å². The number of Topliss-reactive ketones (excluding diaryl/α,β-unsaturated/α-hetero) is 1. The van der Waals surface area contributed by atoms with Crippen LogP contribution in [-0.4, -0.2) is 21.6 Å². The minimum Gasteiger partial charge on any atom is -0.351 e. The third kappa shape index (κ3) is 4.74. The number of nitrogens with one attached hydrogen (secondary N) is 2. The van der Waals surface area contributed by atoms with Crippen LogP contribution in [0, 0.1) is 11.6 Å². The fraction of sp³-hybridized carbons (Fsp3) is 0.143. The minimum atomic E-state index is -0.845. The molecule has 0 saturated heterocycles. The molecule has 0 aliphatic carbocycles. The van der Waals surface area contributed by atoms with Crippen molar-refractivity contribution in [2.45, 2.75) is 20.4 Å². The number of hydrogen-bond donors (Lipinski definition) is 3. The normalized spacial score (nSPS) is 10.6. The van der Waals surface area contributed by atoms with Gasteiger partial charge in [-0.15, -0.1) is 0 Å². The maximum atomic E-state index is 13.6. The number of amides is 2. The summed E-state index contributed by atoms with van der Waals surface area (Å²) in [5.41, 5.74) is 5.19. The first kappa shape index (κ1) is 21.6. The highest BCUT2D eigenvalue weighted by atomic mass is 19.1. The van der Waals surface area contributed by atoms with Gasteiger partial charge in [-0.2, -0.15) is 5.10 Å². The molecule has 1 aromatic heterocycles. The van der Waals surface area contributed by atoms with Crippen LogP contribution in [0.3, 0.4) is 0 Å². The predicted octanol–water partition coefficient (Wildman–Crippen LogP) is 3.65. The molecule has 2 amide bonds. The molecule has 2 aromatic carbocycles. The summed E-state index contributed by atoms with van der Waals surface area (Å²) in [7, 11) is 0. The van der Waals surface area contributed by atoms with Crippen molar-refractivity contribution >= 4 is 28.9 Å². The number of benzene rings is 2. The zero-order valence-electron chi connectivity index (χ0n) is 16.7. The molecule has 0 aliphatic rings. The maximum Gasteiger partial charge on any atom is 0.316 e. The molecule has 0 fully saturated rings. The molecule has 0 aliphatic heterocycles. The second-order valence-corrected chi connectivity index (χ2v) is 6.63. The molecule has 4 N–H and O–H groups in total. The lowest BCUT2D eigenvalue weighted by molar-refractivity contribution is 0.101. The van der Waals surface area contributed by atoms with Crippen molar-refractivity contribution in [1.82, 2.24) is 9.78 Å². The van der Waals surface area contributed by atoms with Gasteiger partial charge in [0.1, 0.15) is 23.0 Å². The van der Waals surface area contributed by atoms with Gasteiger partial charge in [-0.25, -0.2) is 18.3 Å². The molecule has 0 unspecified atom stereocenters. The van der Waals surface area contributed by atoms with E-state index in [1.165, 1.54) is 13.0 Å². The first-order valence-electron chi connectivity index (χ1n) is 9.25. The largest absolute Gasteiger partial charge is 0.351 e. The first-order chi connectivity index (χ1) is 14.7. The van der Waals surface area contributed by atoms with Gasteiger partial charge < -0.3 is 16.4 Å². The summed E-state index contributed by atoms with van der Waals surface area (Å²) in [5, 5.41) is 9.39. The van der Waals surface area contributed by atoms with Gasteiger partial charge in [0.25, 0.3) is 5.56 Å². The predicted molar refractivity (Wildman–Crippen MR) is 112 cm³/mol. The van der Waals surface area contributed by atoms with E-state index in [9.17, 15) is 23.2 Å². The Morgan fingerprint density at radius 1 is 1.10 bits per heavy atom. The van der Waals surface area contributed by atoms with Gasteiger partial charge in [0, 0.05) is 29.5 Å². The Kier molecular flexibility index (Phi) is 6.10. The number of nitrogens with two attached hydrogens (primary N) is 1. The number of aromatic nitrogens is 2. The molecule has 3 aromatic rings. The van der Waals surface area contributed by atoms with E-state index in [0.29, 0.717) is 17.3 Å². The van der Waals surface area contributed by atoms with E-state index in [-0.39, 0.29) is 29.2 Å². The SMILES string of the molecule is CCn1nc(-c2cccc(NC(N)=O)c2)c(C(C)=O)c(Nc2cc(F)cc(F)c2)c1=O. The average molecular weight is 427 g/mol. The third-order valence-corrected chi connectivity index (χ3v) is 4.34. The number of aryl methyl sites for hydroxylation is 1. The van der Waals surface area contributed by atoms with Gasteiger partial charge in [0.2, 0.25) is 0 Å². The Morgan fingerprint density at radius 2 is 1.77 bits per heavy atom. The average Bonchev–Trinajstić information content (AvgIpc) is 2.68. The van der Waals surface area contributed by atoms with E-state index in [1.54, 1.807) is 25.1 Å². The number of halogens is 2. The Labute approximate surface area is 175 Å². The van der Waals surface area contributed by atoms with Crippen LogP contribution in [0.4, 0.5) is 30.6 Å². The zero-order valence-corrected chi connectivity index (χ0v) is 16.7. The van der Waals surface area contributed by atoms with Crippen molar-refractivity contribution in [3.8, 4) is 11.3 Å². The number of ketones is 1. The zero-order chi connectivity index (χ0) is 22.7. The molecule has 0 bridgehead atoms. The second-order valence-electron chi connectivity index (χ2n) is 6.63. The van der Waals surface area contributed by atoms with E-state index in [4.69, 9.17) is 5.73 Å². The maximum absolute atomic E-state index is 13.6. The van der Waals surface area contributed by atoms with Crippen LogP contribution in [0.2, 0.25) is 0 Å². The van der Waals surface area contributed by atoms with E-state index < -0.39 is 29.0 Å². The summed E-state index contributed by atoms with van der Waals surface area (Å²) < 4.78 is 28.4. The Balaban J connectivity index is 2.25. The van der Waals surface area contributed by atoms with Crippen LogP contribution >= 0.6 is 0 Å². The lowest BCUT2D eigenvalue weighted by atomic mass is 10.0. The molecule has 10 heteroatoms. The number of urea groups is 1. The van der Waals surface area contributed by atoms with Crippen molar-refractivity contribution in [3.63, 3.8) is 0 Å². The van der Waals surface area contributed by atoms with Crippen molar-refractivity contribution in [1.29, 1.82) is 0 Å². The Bertz CT molecular complexity index is 1220. The van der Waals surface area contributed by atoms with Crippen LogP contribution in [0.25, 0.3) is 11.3 Å². The molecular weight excluding hydrogens is 408 g/mol. The number of carbonyl (C=O) groups is 2. The number of rotatable bonds is 6. The molecule has 8 nitrogen and oxygen atoms in total. The Morgan fingerprint density at radius 3 is 2.35 bits per heavy atom. The lowest BCUT2D eigenvalue weighted by Gasteiger charge is -2.16. The number of anilines is 3. The summed E-state index contributed by atoms with van der Waals surface area (Å²) in [6.45, 7) is 3.11. The smallest absolute Gasteiger partial charge is 0.316 e. The van der Waals surface area contributed by atoms with Gasteiger partial charge in [-0.05, 0) is 38.1 Å². The fourth-order valence-corrected chi connectivity index (χ4v) is 3.10. The Hall–Kier alpha value is -4.08. The van der Waals surface area contributed by atoms with Crippen LogP contribution in [-0.2, 0) is 6.54 Å². The number of carbonyl (C=O) groups excluding carboxylic acids is 2. The van der Waals surface area contributed by atoms with E-state index in [2.05, 4.69) is 15.7 Å². The molecule has 31 heavy (non-hydrogen) atoms. The van der Waals surface area contributed by atoms with Crippen molar-refractivity contribution in [2.24, 2.45) is 5.73 Å². The topological polar surface area (TPSA) is 119 Å². The lowest BCUT2D eigenvalue weighted by Crippen LogP contribution is -2.28. The van der Waals surface area contributed by atoms with Crippen LogP contribution in [0.15, 0.2) is 47.3 Å². The first-order valence-corrected chi connectivity index (χ1v) is 9.25. The number of nitrogens with zero attached hydrogens (tertiary/aromatic N) is 2. The molecule has 0 atom stereocenters. The highest BCUT2D eigenvalue weighted by Gasteiger charge is 2.22. The van der Waals surface area contributed by atoms with Crippen LogP contribution in [0.5, 0.6) is 0 Å². The number of primary amides is 1. The van der Waals surface area contributed by atoms with Gasteiger partial charge in [0.05, 0.1) is 5.56 Å². The van der Waals surface area contributed by atoms with Crippen molar-refractivity contribution in [3.05, 3.63) is 70.0 Å². The molecule has 1 heterocycles. The molecule has 3 rings (SSSR count). The van der Waals surface area contributed by atoms with Crippen molar-refractivity contribution < 1.29 is 18.4 Å². The molecule has 0 radical (unpaired) electrons. The van der Waals surface area contributed by atoms with Crippen molar-refractivity contribution in [2.75, 3.05) is 10.6 Å².